The Balaban J connectivity index is 2.18. The quantitative estimate of drug-likeness (QED) is 0.785. The maximum absolute atomic E-state index is 12.3. The van der Waals surface area contributed by atoms with Crippen LogP contribution in [0.5, 0.6) is 0 Å². The zero-order valence-corrected chi connectivity index (χ0v) is 13.6. The number of benzene rings is 1. The largest absolute Gasteiger partial charge is 0.389 e. The second-order valence-electron chi connectivity index (χ2n) is 4.92. The predicted molar refractivity (Wildman–Crippen MR) is 89.2 cm³/mol. The first-order valence-corrected chi connectivity index (χ1v) is 8.05. The van der Waals surface area contributed by atoms with Crippen molar-refractivity contribution in [3.8, 4) is 6.07 Å². The molecule has 0 aliphatic carbocycles. The number of aromatic nitrogens is 1. The molecule has 9 heteroatoms. The number of amides is 1. The highest BCUT2D eigenvalue weighted by atomic mass is 32.2. The highest BCUT2D eigenvalue weighted by Gasteiger charge is 2.27. The van der Waals surface area contributed by atoms with E-state index in [1.54, 1.807) is 30.3 Å². The van der Waals surface area contributed by atoms with Crippen LogP contribution in [-0.2, 0) is 0 Å². The summed E-state index contributed by atoms with van der Waals surface area (Å²) in [4.78, 5) is 16.2. The normalized spacial score (nSPS) is 11.0. The molecule has 0 spiro atoms. The van der Waals surface area contributed by atoms with E-state index in [1.807, 2.05) is 6.07 Å². The molecule has 0 saturated carbocycles. The molecule has 1 aromatic heterocycles. The number of nitrogen functional groups attached to an aromatic ring is 1. The Morgan fingerprint density at radius 1 is 1.32 bits per heavy atom. The third kappa shape index (κ3) is 5.39. The summed E-state index contributed by atoms with van der Waals surface area (Å²) in [5.74, 6) is -0.998. The van der Waals surface area contributed by atoms with Crippen LogP contribution >= 0.6 is 11.8 Å². The van der Waals surface area contributed by atoms with E-state index in [0.717, 1.165) is 11.8 Å². The number of nitrogens with two attached hydrogens (primary N) is 1. The summed E-state index contributed by atoms with van der Waals surface area (Å²) < 4.78 is 36.7. The highest BCUT2D eigenvalue weighted by molar-refractivity contribution is 7.99. The number of hydrogen-bond donors (Lipinski definition) is 2. The molecular formula is C16H13F3N4OS. The van der Waals surface area contributed by atoms with E-state index in [0.29, 0.717) is 5.69 Å². The van der Waals surface area contributed by atoms with Crippen LogP contribution in [0.2, 0.25) is 0 Å². The van der Waals surface area contributed by atoms with E-state index in [9.17, 15) is 18.0 Å². The van der Waals surface area contributed by atoms with E-state index < -0.39 is 18.5 Å². The Hall–Kier alpha value is -2.73. The van der Waals surface area contributed by atoms with E-state index >= 15 is 0 Å². The molecule has 0 fully saturated rings. The molecule has 1 amide bonds. The van der Waals surface area contributed by atoms with Crippen molar-refractivity contribution in [3.05, 3.63) is 47.5 Å². The molecule has 1 aromatic carbocycles. The lowest BCUT2D eigenvalue weighted by Gasteiger charge is -2.10. The Bertz CT molecular complexity index is 804. The molecule has 0 aliphatic rings. The summed E-state index contributed by atoms with van der Waals surface area (Å²) in [6.45, 7) is 0. The summed E-state index contributed by atoms with van der Waals surface area (Å²) in [5.41, 5.74) is 6.26. The fourth-order valence-corrected chi connectivity index (χ4v) is 2.82. The Morgan fingerprint density at radius 2 is 2.00 bits per heavy atom. The summed E-state index contributed by atoms with van der Waals surface area (Å²) in [7, 11) is 0. The lowest BCUT2D eigenvalue weighted by atomic mass is 10.2. The summed E-state index contributed by atoms with van der Waals surface area (Å²) in [6.07, 6.45) is -5.30. The molecule has 0 radical (unpaired) electrons. The van der Waals surface area contributed by atoms with E-state index in [2.05, 4.69) is 10.3 Å². The van der Waals surface area contributed by atoms with Gasteiger partial charge in [-0.05, 0) is 18.2 Å². The first-order valence-electron chi connectivity index (χ1n) is 7.06. The van der Waals surface area contributed by atoms with Crippen LogP contribution in [0.4, 0.5) is 24.7 Å². The van der Waals surface area contributed by atoms with Crippen LogP contribution in [0, 0.1) is 11.3 Å². The number of pyridine rings is 1. The predicted octanol–water partition coefficient (Wildman–Crippen LogP) is 3.83. The van der Waals surface area contributed by atoms with Crippen LogP contribution in [0.15, 0.2) is 41.4 Å². The molecule has 0 unspecified atom stereocenters. The number of para-hydroxylation sites is 1. The molecule has 0 bridgehead atoms. The third-order valence-electron chi connectivity index (χ3n) is 3.04. The van der Waals surface area contributed by atoms with Crippen LogP contribution in [0.3, 0.4) is 0 Å². The zero-order valence-electron chi connectivity index (χ0n) is 12.8. The van der Waals surface area contributed by atoms with Gasteiger partial charge in [-0.1, -0.05) is 18.2 Å². The SMILES string of the molecule is N#Cc1cc(C(=O)Nc2ccccc2)c(N)nc1SCCC(F)(F)F. The molecule has 0 saturated heterocycles. The monoisotopic (exact) mass is 366 g/mol. The van der Waals surface area contributed by atoms with Crippen molar-refractivity contribution in [1.29, 1.82) is 5.26 Å². The van der Waals surface area contributed by atoms with Gasteiger partial charge in [0.15, 0.2) is 0 Å². The fraction of sp³-hybridized carbons (Fsp3) is 0.188. The van der Waals surface area contributed by atoms with Gasteiger partial charge in [-0.3, -0.25) is 4.79 Å². The highest BCUT2D eigenvalue weighted by Crippen LogP contribution is 2.29. The Morgan fingerprint density at radius 3 is 2.60 bits per heavy atom. The maximum Gasteiger partial charge on any atom is 0.389 e. The number of anilines is 2. The van der Waals surface area contributed by atoms with Crippen molar-refractivity contribution < 1.29 is 18.0 Å². The maximum atomic E-state index is 12.3. The number of nitrogens with one attached hydrogen (secondary N) is 1. The second kappa shape index (κ2) is 7.90. The van der Waals surface area contributed by atoms with Gasteiger partial charge in [0.25, 0.3) is 5.91 Å². The minimum absolute atomic E-state index is 0.000383. The van der Waals surface area contributed by atoms with Crippen molar-refractivity contribution in [2.75, 3.05) is 16.8 Å². The molecule has 2 aromatic rings. The standard InChI is InChI=1S/C16H13F3N4OS/c17-16(18,19)6-7-25-15-10(9-20)8-12(13(21)23-15)14(24)22-11-4-2-1-3-5-11/h1-5,8H,6-7H2,(H2,21,23)(H,22,24). The molecule has 25 heavy (non-hydrogen) atoms. The van der Waals surface area contributed by atoms with Crippen molar-refractivity contribution >= 4 is 29.2 Å². The second-order valence-corrected chi connectivity index (χ2v) is 6.00. The summed E-state index contributed by atoms with van der Waals surface area (Å²) in [5, 5.41) is 11.8. The van der Waals surface area contributed by atoms with Crippen LogP contribution < -0.4 is 11.1 Å². The first-order chi connectivity index (χ1) is 11.8. The molecule has 0 atom stereocenters. The Kier molecular flexibility index (Phi) is 5.88. The van der Waals surface area contributed by atoms with E-state index in [1.165, 1.54) is 6.07 Å². The van der Waals surface area contributed by atoms with Crippen molar-refractivity contribution in [2.24, 2.45) is 0 Å². The average molecular weight is 366 g/mol. The lowest BCUT2D eigenvalue weighted by Crippen LogP contribution is -2.16. The van der Waals surface area contributed by atoms with Crippen molar-refractivity contribution in [3.63, 3.8) is 0 Å². The number of thioether (sulfide) groups is 1. The molecule has 130 valence electrons. The van der Waals surface area contributed by atoms with Gasteiger partial charge in [-0.25, -0.2) is 4.98 Å². The number of carbonyl (C=O) groups is 1. The number of nitriles is 1. The topological polar surface area (TPSA) is 91.8 Å². The third-order valence-corrected chi connectivity index (χ3v) is 4.03. The van der Waals surface area contributed by atoms with Crippen molar-refractivity contribution in [1.82, 2.24) is 4.98 Å². The molecule has 5 nitrogen and oxygen atoms in total. The van der Waals surface area contributed by atoms with E-state index in [-0.39, 0.29) is 27.7 Å². The molecule has 1 heterocycles. The van der Waals surface area contributed by atoms with Gasteiger partial charge >= 0.3 is 6.18 Å². The van der Waals surface area contributed by atoms with E-state index in [4.69, 9.17) is 11.0 Å². The summed E-state index contributed by atoms with van der Waals surface area (Å²) in [6, 6.07) is 11.7. The molecule has 3 N–H and O–H groups in total. The van der Waals surface area contributed by atoms with Crippen molar-refractivity contribution in [2.45, 2.75) is 17.6 Å². The van der Waals surface area contributed by atoms with Gasteiger partial charge in [-0.15, -0.1) is 11.8 Å². The van der Waals surface area contributed by atoms with Crippen LogP contribution in [0.1, 0.15) is 22.3 Å². The van der Waals surface area contributed by atoms with Gasteiger partial charge in [0.2, 0.25) is 0 Å². The number of nitrogens with zero attached hydrogens (tertiary/aromatic N) is 2. The summed E-state index contributed by atoms with van der Waals surface area (Å²) >= 11 is 0.772. The van der Waals surface area contributed by atoms with Crippen LogP contribution in [0.25, 0.3) is 0 Å². The van der Waals surface area contributed by atoms with Gasteiger partial charge < -0.3 is 11.1 Å². The lowest BCUT2D eigenvalue weighted by molar-refractivity contribution is -0.129. The molecule has 2 rings (SSSR count). The molecule has 0 aliphatic heterocycles. The van der Waals surface area contributed by atoms with Gasteiger partial charge in [-0.2, -0.15) is 18.4 Å². The van der Waals surface area contributed by atoms with Gasteiger partial charge in [0, 0.05) is 11.4 Å². The average Bonchev–Trinajstić information content (AvgIpc) is 2.54. The number of halogens is 3. The smallest absolute Gasteiger partial charge is 0.383 e. The first kappa shape index (κ1) is 18.6. The Labute approximate surface area is 146 Å². The minimum Gasteiger partial charge on any atom is -0.383 e. The number of rotatable bonds is 5. The van der Waals surface area contributed by atoms with Gasteiger partial charge in [0.05, 0.1) is 17.5 Å². The minimum atomic E-state index is -4.29. The number of alkyl halides is 3. The van der Waals surface area contributed by atoms with Crippen LogP contribution in [-0.4, -0.2) is 22.8 Å². The number of hydrogen-bond acceptors (Lipinski definition) is 5. The number of carbonyl (C=O) groups excluding carboxylic acids is 1. The fourth-order valence-electron chi connectivity index (χ4n) is 1.87. The van der Waals surface area contributed by atoms with Gasteiger partial charge in [0.1, 0.15) is 16.9 Å². The molecular weight excluding hydrogens is 353 g/mol. The zero-order chi connectivity index (χ0) is 18.4.